The van der Waals surface area contributed by atoms with E-state index in [-0.39, 0.29) is 34.5 Å². The molecule has 0 aliphatic carbocycles. The van der Waals surface area contributed by atoms with Gasteiger partial charge in [-0.15, -0.1) is 0 Å². The van der Waals surface area contributed by atoms with Gasteiger partial charge in [0.1, 0.15) is 0 Å². The van der Waals surface area contributed by atoms with E-state index in [1.807, 2.05) is 0 Å². The molecule has 0 unspecified atom stereocenters. The Labute approximate surface area is 134 Å². The van der Waals surface area contributed by atoms with Crippen LogP contribution in [0.25, 0.3) is 0 Å². The number of benzene rings is 1. The largest absolute Gasteiger partial charge is 0.355 e. The highest BCUT2D eigenvalue weighted by Gasteiger charge is 2.20. The second kappa shape index (κ2) is 7.57. The van der Waals surface area contributed by atoms with Crippen molar-refractivity contribution < 1.29 is 18.0 Å². The monoisotopic (exact) mass is 347 g/mol. The molecule has 9 heteroatoms. The minimum absolute atomic E-state index is 0.0195. The predicted molar refractivity (Wildman–Crippen MR) is 83.3 cm³/mol. The number of rotatable bonds is 6. The van der Waals surface area contributed by atoms with Crippen molar-refractivity contribution >= 4 is 33.4 Å². The first kappa shape index (κ1) is 18.4. The van der Waals surface area contributed by atoms with Crippen LogP contribution in [0.15, 0.2) is 23.1 Å². The first-order valence-electron chi connectivity index (χ1n) is 6.41. The van der Waals surface area contributed by atoms with Gasteiger partial charge in [-0.05, 0) is 18.2 Å². The normalized spacial score (nSPS) is 11.3. The Morgan fingerprint density at radius 3 is 2.32 bits per heavy atom. The minimum Gasteiger partial charge on any atom is -0.355 e. The molecule has 2 N–H and O–H groups in total. The second-order valence-electron chi connectivity index (χ2n) is 4.67. The zero-order chi connectivity index (χ0) is 16.9. The molecule has 7 nitrogen and oxygen atoms in total. The van der Waals surface area contributed by atoms with Crippen LogP contribution >= 0.6 is 11.6 Å². The van der Waals surface area contributed by atoms with Crippen LogP contribution in [0.2, 0.25) is 5.02 Å². The second-order valence-corrected chi connectivity index (χ2v) is 7.23. The van der Waals surface area contributed by atoms with Crippen LogP contribution < -0.4 is 10.6 Å². The van der Waals surface area contributed by atoms with Gasteiger partial charge in [-0.1, -0.05) is 11.6 Å². The molecule has 0 aromatic heterocycles. The van der Waals surface area contributed by atoms with E-state index in [0.29, 0.717) is 0 Å². The molecule has 0 saturated carbocycles. The summed E-state index contributed by atoms with van der Waals surface area (Å²) in [6.45, 7) is 1.85. The van der Waals surface area contributed by atoms with E-state index in [0.717, 1.165) is 4.31 Å². The van der Waals surface area contributed by atoms with Gasteiger partial charge in [0.2, 0.25) is 15.9 Å². The van der Waals surface area contributed by atoms with Crippen molar-refractivity contribution in [2.75, 3.05) is 27.2 Å². The van der Waals surface area contributed by atoms with Gasteiger partial charge in [0.25, 0.3) is 5.91 Å². The fourth-order valence-electron chi connectivity index (χ4n) is 1.56. The quantitative estimate of drug-likeness (QED) is 0.731. The number of nitrogens with one attached hydrogen (secondary N) is 2. The summed E-state index contributed by atoms with van der Waals surface area (Å²) in [7, 11) is -0.849. The fraction of sp³-hybridized carbons (Fsp3) is 0.385. The van der Waals surface area contributed by atoms with E-state index < -0.39 is 15.9 Å². The van der Waals surface area contributed by atoms with Crippen LogP contribution in [0.4, 0.5) is 0 Å². The van der Waals surface area contributed by atoms with Gasteiger partial charge in [0, 0.05) is 34.1 Å². The summed E-state index contributed by atoms with van der Waals surface area (Å²) in [5.74, 6) is -0.711. The van der Waals surface area contributed by atoms with Crippen LogP contribution in [0.3, 0.4) is 0 Å². The number of amides is 2. The molecule has 0 saturated heterocycles. The van der Waals surface area contributed by atoms with Gasteiger partial charge in [0.15, 0.2) is 0 Å². The Balaban J connectivity index is 2.91. The van der Waals surface area contributed by atoms with Crippen molar-refractivity contribution in [2.45, 2.75) is 11.8 Å². The standard InChI is InChI=1S/C13H18ClN3O4S/c1-9(18)15-6-7-16-13(19)11-8-10(4-5-12(11)14)22(20,21)17(2)3/h4-5,8H,6-7H2,1-3H3,(H,15,18)(H,16,19). The first-order chi connectivity index (χ1) is 10.2. The molecule has 1 aromatic carbocycles. The third kappa shape index (κ3) is 4.69. The maximum absolute atomic E-state index is 12.1. The van der Waals surface area contributed by atoms with Crippen molar-refractivity contribution in [3.8, 4) is 0 Å². The Kier molecular flexibility index (Phi) is 6.34. The average molecular weight is 348 g/mol. The maximum Gasteiger partial charge on any atom is 0.252 e. The van der Waals surface area contributed by atoms with Gasteiger partial charge in [-0.3, -0.25) is 9.59 Å². The average Bonchev–Trinajstić information content (AvgIpc) is 2.43. The lowest BCUT2D eigenvalue weighted by atomic mass is 10.2. The number of nitrogens with zero attached hydrogens (tertiary/aromatic N) is 1. The van der Waals surface area contributed by atoms with Crippen molar-refractivity contribution in [1.82, 2.24) is 14.9 Å². The SMILES string of the molecule is CC(=O)NCCNC(=O)c1cc(S(=O)(=O)N(C)C)ccc1Cl. The molecular formula is C13H18ClN3O4S. The van der Waals surface area contributed by atoms with E-state index in [9.17, 15) is 18.0 Å². The van der Waals surface area contributed by atoms with E-state index >= 15 is 0 Å². The summed E-state index contributed by atoms with van der Waals surface area (Å²) in [5, 5.41) is 5.23. The number of carbonyl (C=O) groups is 2. The van der Waals surface area contributed by atoms with Crippen LogP contribution in [-0.4, -0.2) is 51.7 Å². The molecular weight excluding hydrogens is 330 g/mol. The summed E-state index contributed by atoms with van der Waals surface area (Å²) in [4.78, 5) is 22.7. The Hall–Kier alpha value is -1.64. The summed E-state index contributed by atoms with van der Waals surface area (Å²) >= 11 is 5.94. The Morgan fingerprint density at radius 1 is 1.18 bits per heavy atom. The van der Waals surface area contributed by atoms with Crippen molar-refractivity contribution in [3.63, 3.8) is 0 Å². The molecule has 2 amide bonds. The maximum atomic E-state index is 12.1. The lowest BCUT2D eigenvalue weighted by molar-refractivity contribution is -0.118. The molecule has 0 radical (unpaired) electrons. The smallest absolute Gasteiger partial charge is 0.252 e. The molecule has 22 heavy (non-hydrogen) atoms. The molecule has 122 valence electrons. The highest BCUT2D eigenvalue weighted by molar-refractivity contribution is 7.89. The molecule has 0 atom stereocenters. The van der Waals surface area contributed by atoms with E-state index in [2.05, 4.69) is 10.6 Å². The minimum atomic E-state index is -3.65. The van der Waals surface area contributed by atoms with Crippen LogP contribution in [0, 0.1) is 0 Å². The summed E-state index contributed by atoms with van der Waals surface area (Å²) < 4.78 is 25.2. The lowest BCUT2D eigenvalue weighted by Crippen LogP contribution is -2.33. The zero-order valence-corrected chi connectivity index (χ0v) is 14.1. The van der Waals surface area contributed by atoms with Gasteiger partial charge < -0.3 is 10.6 Å². The fourth-order valence-corrected chi connectivity index (χ4v) is 2.69. The van der Waals surface area contributed by atoms with Crippen LogP contribution in [-0.2, 0) is 14.8 Å². The van der Waals surface area contributed by atoms with Gasteiger partial charge in [0.05, 0.1) is 15.5 Å². The van der Waals surface area contributed by atoms with E-state index in [1.165, 1.54) is 39.2 Å². The van der Waals surface area contributed by atoms with E-state index in [4.69, 9.17) is 11.6 Å². The van der Waals surface area contributed by atoms with Gasteiger partial charge in [-0.2, -0.15) is 0 Å². The number of sulfonamides is 1. The van der Waals surface area contributed by atoms with Crippen molar-refractivity contribution in [3.05, 3.63) is 28.8 Å². The number of hydrogen-bond donors (Lipinski definition) is 2. The lowest BCUT2D eigenvalue weighted by Gasteiger charge is -2.13. The zero-order valence-electron chi connectivity index (χ0n) is 12.5. The Morgan fingerprint density at radius 2 is 1.77 bits per heavy atom. The third-order valence-corrected chi connectivity index (χ3v) is 4.89. The molecule has 0 bridgehead atoms. The molecule has 0 heterocycles. The van der Waals surface area contributed by atoms with Crippen molar-refractivity contribution in [1.29, 1.82) is 0 Å². The molecule has 0 aliphatic heterocycles. The number of hydrogen-bond acceptors (Lipinski definition) is 4. The molecule has 1 aromatic rings. The molecule has 0 aliphatic rings. The Bertz CT molecular complexity index is 674. The summed E-state index contributed by atoms with van der Waals surface area (Å²) in [6, 6.07) is 3.93. The first-order valence-corrected chi connectivity index (χ1v) is 8.22. The number of carbonyl (C=O) groups excluding carboxylic acids is 2. The number of halogens is 1. The van der Waals surface area contributed by atoms with Gasteiger partial charge in [-0.25, -0.2) is 12.7 Å². The highest BCUT2D eigenvalue weighted by Crippen LogP contribution is 2.22. The molecule has 0 fully saturated rings. The predicted octanol–water partition coefficient (Wildman–Crippen LogP) is 0.456. The highest BCUT2D eigenvalue weighted by atomic mass is 35.5. The molecule has 1 rings (SSSR count). The molecule has 0 spiro atoms. The third-order valence-electron chi connectivity index (χ3n) is 2.75. The van der Waals surface area contributed by atoms with Crippen LogP contribution in [0.1, 0.15) is 17.3 Å². The summed E-state index contributed by atoms with van der Waals surface area (Å²) in [5.41, 5.74) is 0.0624. The topological polar surface area (TPSA) is 95.6 Å². The summed E-state index contributed by atoms with van der Waals surface area (Å²) in [6.07, 6.45) is 0. The van der Waals surface area contributed by atoms with Crippen molar-refractivity contribution in [2.24, 2.45) is 0 Å². The van der Waals surface area contributed by atoms with Gasteiger partial charge >= 0.3 is 0 Å². The van der Waals surface area contributed by atoms with E-state index in [1.54, 1.807) is 0 Å². The van der Waals surface area contributed by atoms with Crippen LogP contribution in [0.5, 0.6) is 0 Å².